The molecule has 0 radical (unpaired) electrons. The van der Waals surface area contributed by atoms with Crippen LogP contribution in [0.1, 0.15) is 12.0 Å². The number of rotatable bonds is 3. The molecule has 1 aliphatic heterocycles. The van der Waals surface area contributed by atoms with Crippen LogP contribution >= 0.6 is 0 Å². The number of aliphatic hydroxyl groups is 1. The van der Waals surface area contributed by atoms with E-state index in [2.05, 4.69) is 10.6 Å². The predicted octanol–water partition coefficient (Wildman–Crippen LogP) is 1.84. The highest BCUT2D eigenvalue weighted by Gasteiger charge is 2.35. The lowest BCUT2D eigenvalue weighted by molar-refractivity contribution is -0.137. The number of hydrogen-bond donors (Lipinski definition) is 3. The van der Waals surface area contributed by atoms with E-state index >= 15 is 0 Å². The van der Waals surface area contributed by atoms with Gasteiger partial charge in [0, 0.05) is 18.8 Å². The third kappa shape index (κ3) is 2.94. The van der Waals surface area contributed by atoms with Gasteiger partial charge in [-0.1, -0.05) is 12.1 Å². The maximum atomic E-state index is 12.7. The molecule has 1 unspecified atom stereocenters. The lowest BCUT2D eigenvalue weighted by atomic mass is 10.0. The summed E-state index contributed by atoms with van der Waals surface area (Å²) in [6.07, 6.45) is -3.85. The van der Waals surface area contributed by atoms with E-state index in [9.17, 15) is 18.3 Å². The number of halogens is 3. The number of nitrogens with one attached hydrogen (secondary N) is 2. The van der Waals surface area contributed by atoms with Crippen molar-refractivity contribution in [2.24, 2.45) is 0 Å². The second kappa shape index (κ2) is 4.78. The predicted molar refractivity (Wildman–Crippen MR) is 62.4 cm³/mol. The second-order valence-electron chi connectivity index (χ2n) is 4.55. The summed E-state index contributed by atoms with van der Waals surface area (Å²) >= 11 is 0. The van der Waals surface area contributed by atoms with E-state index in [1.54, 1.807) is 0 Å². The molecule has 0 aliphatic carbocycles. The molecule has 100 valence electrons. The van der Waals surface area contributed by atoms with Gasteiger partial charge in [0.1, 0.15) is 0 Å². The number of alkyl halides is 3. The van der Waals surface area contributed by atoms with Crippen LogP contribution in [0.2, 0.25) is 0 Å². The Morgan fingerprint density at radius 1 is 1.33 bits per heavy atom. The third-order valence-electron chi connectivity index (χ3n) is 3.06. The van der Waals surface area contributed by atoms with E-state index in [1.165, 1.54) is 18.2 Å². The summed E-state index contributed by atoms with van der Waals surface area (Å²) in [6, 6.07) is 5.28. The van der Waals surface area contributed by atoms with Crippen molar-refractivity contribution in [3.05, 3.63) is 29.8 Å². The Balaban J connectivity index is 2.10. The van der Waals surface area contributed by atoms with Crippen molar-refractivity contribution in [2.75, 3.05) is 25.0 Å². The Hall–Kier alpha value is -1.27. The van der Waals surface area contributed by atoms with Gasteiger partial charge in [-0.3, -0.25) is 0 Å². The summed E-state index contributed by atoms with van der Waals surface area (Å²) in [6.45, 7) is 1.18. The molecule has 2 rings (SSSR count). The van der Waals surface area contributed by atoms with Gasteiger partial charge in [0.2, 0.25) is 0 Å². The molecule has 1 saturated heterocycles. The first kappa shape index (κ1) is 13.2. The van der Waals surface area contributed by atoms with E-state index in [-0.39, 0.29) is 12.2 Å². The number of para-hydroxylation sites is 1. The molecular formula is C12H15F3N2O. The van der Waals surface area contributed by atoms with Gasteiger partial charge in [-0.25, -0.2) is 0 Å². The van der Waals surface area contributed by atoms with Crippen molar-refractivity contribution in [2.45, 2.75) is 18.2 Å². The van der Waals surface area contributed by atoms with Gasteiger partial charge in [0.05, 0.1) is 11.2 Å². The summed E-state index contributed by atoms with van der Waals surface area (Å²) in [5.41, 5.74) is -1.68. The molecule has 0 aromatic heterocycles. The van der Waals surface area contributed by atoms with E-state index in [0.717, 1.165) is 6.07 Å². The monoisotopic (exact) mass is 260 g/mol. The van der Waals surface area contributed by atoms with Crippen molar-refractivity contribution in [1.82, 2.24) is 5.32 Å². The molecular weight excluding hydrogens is 245 g/mol. The molecule has 0 saturated carbocycles. The summed E-state index contributed by atoms with van der Waals surface area (Å²) in [5, 5.41) is 15.7. The summed E-state index contributed by atoms with van der Waals surface area (Å²) in [5.74, 6) is 0. The molecule has 3 N–H and O–H groups in total. The molecule has 6 heteroatoms. The van der Waals surface area contributed by atoms with E-state index in [4.69, 9.17) is 0 Å². The SMILES string of the molecule is OC1(CNc2ccccc2C(F)(F)F)CCNC1. The third-order valence-corrected chi connectivity index (χ3v) is 3.06. The van der Waals surface area contributed by atoms with E-state index in [0.29, 0.717) is 19.5 Å². The highest BCUT2D eigenvalue weighted by Crippen LogP contribution is 2.34. The molecule has 1 heterocycles. The first-order valence-electron chi connectivity index (χ1n) is 5.74. The fraction of sp³-hybridized carbons (Fsp3) is 0.500. The van der Waals surface area contributed by atoms with E-state index in [1.807, 2.05) is 0 Å². The Morgan fingerprint density at radius 2 is 2.06 bits per heavy atom. The standard InChI is InChI=1S/C12H15F3N2O/c13-12(14,15)9-3-1-2-4-10(9)17-8-11(18)5-6-16-7-11/h1-4,16-18H,5-8H2. The maximum absolute atomic E-state index is 12.7. The zero-order chi connectivity index (χ0) is 13.2. The lowest BCUT2D eigenvalue weighted by Crippen LogP contribution is -2.39. The normalized spacial score (nSPS) is 24.2. The van der Waals surface area contributed by atoms with Crippen LogP contribution in [0.5, 0.6) is 0 Å². The van der Waals surface area contributed by atoms with Crippen LogP contribution in [-0.2, 0) is 6.18 Å². The first-order valence-corrected chi connectivity index (χ1v) is 5.74. The first-order chi connectivity index (χ1) is 8.41. The van der Waals surface area contributed by atoms with Crippen molar-refractivity contribution in [3.8, 4) is 0 Å². The van der Waals surface area contributed by atoms with Crippen LogP contribution in [0.15, 0.2) is 24.3 Å². The van der Waals surface area contributed by atoms with E-state index < -0.39 is 17.3 Å². The number of anilines is 1. The summed E-state index contributed by atoms with van der Waals surface area (Å²) < 4.78 is 38.2. The van der Waals surface area contributed by atoms with Gasteiger partial charge in [-0.15, -0.1) is 0 Å². The fourth-order valence-corrected chi connectivity index (χ4v) is 2.03. The highest BCUT2D eigenvalue weighted by atomic mass is 19.4. The molecule has 1 atom stereocenters. The minimum Gasteiger partial charge on any atom is -0.387 e. The largest absolute Gasteiger partial charge is 0.418 e. The molecule has 0 bridgehead atoms. The number of hydrogen-bond acceptors (Lipinski definition) is 3. The van der Waals surface area contributed by atoms with Gasteiger partial charge >= 0.3 is 6.18 Å². The van der Waals surface area contributed by atoms with Crippen LogP contribution in [-0.4, -0.2) is 30.3 Å². The van der Waals surface area contributed by atoms with Gasteiger partial charge in [0.25, 0.3) is 0 Å². The van der Waals surface area contributed by atoms with Gasteiger partial charge in [-0.2, -0.15) is 13.2 Å². The van der Waals surface area contributed by atoms with Crippen LogP contribution in [0.25, 0.3) is 0 Å². The summed E-state index contributed by atoms with van der Waals surface area (Å²) in [7, 11) is 0. The lowest BCUT2D eigenvalue weighted by Gasteiger charge is -2.23. The maximum Gasteiger partial charge on any atom is 0.418 e. The zero-order valence-corrected chi connectivity index (χ0v) is 9.72. The molecule has 1 aromatic carbocycles. The highest BCUT2D eigenvalue weighted by molar-refractivity contribution is 5.52. The minimum atomic E-state index is -4.39. The fourth-order valence-electron chi connectivity index (χ4n) is 2.03. The smallest absolute Gasteiger partial charge is 0.387 e. The number of benzene rings is 1. The average Bonchev–Trinajstić information content (AvgIpc) is 2.73. The average molecular weight is 260 g/mol. The molecule has 0 spiro atoms. The Labute approximate surface area is 103 Å². The zero-order valence-electron chi connectivity index (χ0n) is 9.72. The van der Waals surface area contributed by atoms with Crippen molar-refractivity contribution < 1.29 is 18.3 Å². The molecule has 1 fully saturated rings. The molecule has 0 amide bonds. The van der Waals surface area contributed by atoms with Crippen molar-refractivity contribution >= 4 is 5.69 Å². The van der Waals surface area contributed by atoms with Crippen molar-refractivity contribution in [1.29, 1.82) is 0 Å². The molecule has 1 aromatic rings. The van der Waals surface area contributed by atoms with Crippen LogP contribution < -0.4 is 10.6 Å². The summed E-state index contributed by atoms with van der Waals surface area (Å²) in [4.78, 5) is 0. The number of β-amino-alcohol motifs (C(OH)–C–C–N with tert-alkyl or cyclic N) is 1. The Bertz CT molecular complexity index is 414. The van der Waals surface area contributed by atoms with Crippen LogP contribution in [0, 0.1) is 0 Å². The second-order valence-corrected chi connectivity index (χ2v) is 4.55. The minimum absolute atomic E-state index is 0.00493. The van der Waals surface area contributed by atoms with Gasteiger partial charge < -0.3 is 15.7 Å². The topological polar surface area (TPSA) is 44.3 Å². The van der Waals surface area contributed by atoms with Crippen LogP contribution in [0.4, 0.5) is 18.9 Å². The van der Waals surface area contributed by atoms with Gasteiger partial charge in [-0.05, 0) is 25.1 Å². The quantitative estimate of drug-likeness (QED) is 0.777. The van der Waals surface area contributed by atoms with Crippen LogP contribution in [0.3, 0.4) is 0 Å². The molecule has 18 heavy (non-hydrogen) atoms. The molecule has 1 aliphatic rings. The Kier molecular flexibility index (Phi) is 3.49. The van der Waals surface area contributed by atoms with Crippen molar-refractivity contribution in [3.63, 3.8) is 0 Å². The van der Waals surface area contributed by atoms with Gasteiger partial charge in [0.15, 0.2) is 0 Å². The Morgan fingerprint density at radius 3 is 2.67 bits per heavy atom. The molecule has 3 nitrogen and oxygen atoms in total.